The lowest BCUT2D eigenvalue weighted by molar-refractivity contribution is 0.0950. The average molecular weight is 366 g/mol. The van der Waals surface area contributed by atoms with Crippen LogP contribution < -0.4 is 16.2 Å². The van der Waals surface area contributed by atoms with E-state index in [1.54, 1.807) is 36.5 Å². The summed E-state index contributed by atoms with van der Waals surface area (Å²) < 4.78 is 28.0. The normalized spacial score (nSPS) is 15.1. The summed E-state index contributed by atoms with van der Waals surface area (Å²) in [6.07, 6.45) is 3.02. The number of carbonyl (C=O) groups is 1. The van der Waals surface area contributed by atoms with Crippen LogP contribution in [0.4, 0.5) is 14.5 Å². The molecule has 1 aliphatic heterocycles. The van der Waals surface area contributed by atoms with E-state index in [2.05, 4.69) is 21.2 Å². The molecule has 1 atom stereocenters. The van der Waals surface area contributed by atoms with Crippen LogP contribution in [0.15, 0.2) is 60.9 Å². The number of hydrazine groups is 1. The van der Waals surface area contributed by atoms with E-state index in [0.717, 1.165) is 11.1 Å². The number of amides is 1. The third-order valence-electron chi connectivity index (χ3n) is 4.43. The molecular weight excluding hydrogens is 350 g/mol. The number of hydrogen-bond acceptors (Lipinski definition) is 4. The van der Waals surface area contributed by atoms with Gasteiger partial charge in [0, 0.05) is 30.1 Å². The van der Waals surface area contributed by atoms with E-state index >= 15 is 0 Å². The van der Waals surface area contributed by atoms with Gasteiger partial charge in [0.05, 0.1) is 17.3 Å². The first-order chi connectivity index (χ1) is 13.1. The number of pyridine rings is 1. The molecule has 0 fully saturated rings. The Morgan fingerprint density at radius 3 is 2.81 bits per heavy atom. The van der Waals surface area contributed by atoms with Crippen molar-refractivity contribution in [2.45, 2.75) is 12.6 Å². The van der Waals surface area contributed by atoms with Gasteiger partial charge in [-0.05, 0) is 42.0 Å². The van der Waals surface area contributed by atoms with Gasteiger partial charge in [0.1, 0.15) is 11.6 Å². The third-order valence-corrected chi connectivity index (χ3v) is 4.43. The van der Waals surface area contributed by atoms with Crippen molar-refractivity contribution in [2.24, 2.45) is 0 Å². The van der Waals surface area contributed by atoms with Crippen LogP contribution in [0.2, 0.25) is 0 Å². The van der Waals surface area contributed by atoms with Gasteiger partial charge >= 0.3 is 0 Å². The first-order valence-electron chi connectivity index (χ1n) is 8.39. The molecule has 7 heteroatoms. The maximum atomic E-state index is 14.4. The van der Waals surface area contributed by atoms with Gasteiger partial charge in [-0.2, -0.15) is 0 Å². The van der Waals surface area contributed by atoms with Crippen LogP contribution in [0.25, 0.3) is 0 Å². The molecule has 4 rings (SSSR count). The summed E-state index contributed by atoms with van der Waals surface area (Å²) in [6, 6.07) is 12.3. The van der Waals surface area contributed by atoms with E-state index in [1.165, 1.54) is 24.4 Å². The number of anilines is 1. The summed E-state index contributed by atoms with van der Waals surface area (Å²) in [4.78, 5) is 16.0. The molecule has 0 spiro atoms. The molecule has 2 aromatic carbocycles. The maximum Gasteiger partial charge on any atom is 0.253 e. The van der Waals surface area contributed by atoms with Crippen molar-refractivity contribution in [2.75, 3.05) is 5.43 Å². The lowest BCUT2D eigenvalue weighted by atomic mass is 9.97. The van der Waals surface area contributed by atoms with E-state index < -0.39 is 5.82 Å². The van der Waals surface area contributed by atoms with Crippen LogP contribution in [0, 0.1) is 11.6 Å². The van der Waals surface area contributed by atoms with E-state index in [-0.39, 0.29) is 24.3 Å². The molecule has 2 heterocycles. The standard InChI is InChI=1S/C20H16F2N4O/c21-15-5-1-3-12(7-15)19-16-8-14(17(22)9-18(16)25-26-19)11-24-20(27)13-4-2-6-23-10-13/h1-10,19,25-26H,11H2,(H,24,27). The first-order valence-corrected chi connectivity index (χ1v) is 8.39. The molecule has 0 aliphatic carbocycles. The van der Waals surface area contributed by atoms with Crippen LogP contribution in [-0.4, -0.2) is 10.9 Å². The van der Waals surface area contributed by atoms with Crippen LogP contribution in [0.1, 0.15) is 33.1 Å². The number of rotatable bonds is 4. The second kappa shape index (κ2) is 7.13. The fraction of sp³-hybridized carbons (Fsp3) is 0.100. The van der Waals surface area contributed by atoms with Crippen LogP contribution >= 0.6 is 0 Å². The van der Waals surface area contributed by atoms with Crippen LogP contribution in [0.5, 0.6) is 0 Å². The Hall–Kier alpha value is -3.32. The lowest BCUT2D eigenvalue weighted by Crippen LogP contribution is -2.23. The van der Waals surface area contributed by atoms with Crippen molar-refractivity contribution in [3.05, 3.63) is 94.8 Å². The summed E-state index contributed by atoms with van der Waals surface area (Å²) in [5.41, 5.74) is 8.79. The third kappa shape index (κ3) is 3.50. The van der Waals surface area contributed by atoms with E-state index in [0.29, 0.717) is 16.8 Å². The number of fused-ring (bicyclic) bond motifs is 1. The predicted molar refractivity (Wildman–Crippen MR) is 96.8 cm³/mol. The molecule has 0 bridgehead atoms. The van der Waals surface area contributed by atoms with E-state index in [4.69, 9.17) is 0 Å². The van der Waals surface area contributed by atoms with Crippen molar-refractivity contribution < 1.29 is 13.6 Å². The van der Waals surface area contributed by atoms with Crippen molar-refractivity contribution in [1.82, 2.24) is 15.7 Å². The monoisotopic (exact) mass is 366 g/mol. The smallest absolute Gasteiger partial charge is 0.253 e. The minimum atomic E-state index is -0.436. The summed E-state index contributed by atoms with van der Waals surface area (Å²) in [5.74, 6) is -1.11. The molecular formula is C20H16F2N4O. The van der Waals surface area contributed by atoms with Gasteiger partial charge < -0.3 is 10.7 Å². The maximum absolute atomic E-state index is 14.4. The zero-order chi connectivity index (χ0) is 18.8. The SMILES string of the molecule is O=C(NCc1cc2c(cc1F)NNC2c1cccc(F)c1)c1cccnc1. The number of hydrogen-bond donors (Lipinski definition) is 3. The Kier molecular flexibility index (Phi) is 4.52. The summed E-state index contributed by atoms with van der Waals surface area (Å²) >= 11 is 0. The molecule has 1 unspecified atom stereocenters. The molecule has 0 saturated heterocycles. The van der Waals surface area contributed by atoms with E-state index in [1.807, 2.05) is 0 Å². The minimum Gasteiger partial charge on any atom is -0.348 e. The topological polar surface area (TPSA) is 66.1 Å². The highest BCUT2D eigenvalue weighted by atomic mass is 19.1. The zero-order valence-corrected chi connectivity index (χ0v) is 14.2. The fourth-order valence-corrected chi connectivity index (χ4v) is 3.07. The van der Waals surface area contributed by atoms with Crippen molar-refractivity contribution in [3.8, 4) is 0 Å². The van der Waals surface area contributed by atoms with Crippen molar-refractivity contribution >= 4 is 11.6 Å². The zero-order valence-electron chi connectivity index (χ0n) is 14.2. The fourth-order valence-electron chi connectivity index (χ4n) is 3.07. The van der Waals surface area contributed by atoms with Gasteiger partial charge in [0.2, 0.25) is 0 Å². The molecule has 136 valence electrons. The lowest BCUT2D eigenvalue weighted by Gasteiger charge is -2.13. The van der Waals surface area contributed by atoms with Crippen molar-refractivity contribution in [1.29, 1.82) is 0 Å². The Morgan fingerprint density at radius 2 is 2.04 bits per heavy atom. The molecule has 0 saturated carbocycles. The predicted octanol–water partition coefficient (Wildman–Crippen LogP) is 3.31. The molecule has 1 amide bonds. The van der Waals surface area contributed by atoms with Gasteiger partial charge in [-0.15, -0.1) is 0 Å². The highest BCUT2D eigenvalue weighted by molar-refractivity contribution is 5.93. The molecule has 0 radical (unpaired) electrons. The van der Waals surface area contributed by atoms with Crippen LogP contribution in [0.3, 0.4) is 0 Å². The minimum absolute atomic E-state index is 0.0305. The second-order valence-electron chi connectivity index (χ2n) is 6.21. The number of aromatic nitrogens is 1. The molecule has 3 aromatic rings. The molecule has 5 nitrogen and oxygen atoms in total. The van der Waals surface area contributed by atoms with Gasteiger partial charge in [-0.3, -0.25) is 9.78 Å². The Balaban J connectivity index is 1.57. The molecule has 1 aromatic heterocycles. The largest absolute Gasteiger partial charge is 0.348 e. The Bertz CT molecular complexity index is 995. The summed E-state index contributed by atoms with van der Waals surface area (Å²) in [5, 5.41) is 2.69. The average Bonchev–Trinajstić information content (AvgIpc) is 3.09. The molecule has 27 heavy (non-hydrogen) atoms. The van der Waals surface area contributed by atoms with Crippen LogP contribution in [-0.2, 0) is 6.54 Å². The highest BCUT2D eigenvalue weighted by Crippen LogP contribution is 2.35. The van der Waals surface area contributed by atoms with Crippen molar-refractivity contribution in [3.63, 3.8) is 0 Å². The number of nitrogens with one attached hydrogen (secondary N) is 3. The quantitative estimate of drug-likeness (QED) is 0.663. The highest BCUT2D eigenvalue weighted by Gasteiger charge is 2.25. The molecule has 1 aliphatic rings. The Labute approximate surface area is 154 Å². The number of nitrogens with zero attached hydrogens (tertiary/aromatic N) is 1. The first kappa shape index (κ1) is 17.1. The second-order valence-corrected chi connectivity index (χ2v) is 6.21. The number of halogens is 2. The van der Waals surface area contributed by atoms with Gasteiger partial charge in [-0.1, -0.05) is 12.1 Å². The van der Waals surface area contributed by atoms with Gasteiger partial charge in [0.25, 0.3) is 5.91 Å². The molecule has 3 N–H and O–H groups in total. The number of benzene rings is 2. The van der Waals surface area contributed by atoms with E-state index in [9.17, 15) is 13.6 Å². The van der Waals surface area contributed by atoms with Gasteiger partial charge in [-0.25, -0.2) is 14.2 Å². The number of carbonyl (C=O) groups excluding carboxylic acids is 1. The summed E-state index contributed by atoms with van der Waals surface area (Å²) in [7, 11) is 0. The van der Waals surface area contributed by atoms with Gasteiger partial charge in [0.15, 0.2) is 0 Å². The Morgan fingerprint density at radius 1 is 1.15 bits per heavy atom. The summed E-state index contributed by atoms with van der Waals surface area (Å²) in [6.45, 7) is 0.0305.